The average Bonchev–Trinajstić information content (AvgIpc) is 2.31. The number of esters is 1. The molecule has 1 unspecified atom stereocenters. The van der Waals surface area contributed by atoms with Crippen molar-refractivity contribution < 1.29 is 9.53 Å². The highest BCUT2D eigenvalue weighted by Crippen LogP contribution is 2.16. The van der Waals surface area contributed by atoms with E-state index < -0.39 is 0 Å². The minimum absolute atomic E-state index is 0.0681. The van der Waals surface area contributed by atoms with Crippen LogP contribution in [0.5, 0.6) is 0 Å². The highest BCUT2D eigenvalue weighted by Gasteiger charge is 2.02. The first-order chi connectivity index (χ1) is 9.22. The molecular weight excluding hydrogens is 248 g/mol. The van der Waals surface area contributed by atoms with Gasteiger partial charge < -0.3 is 4.74 Å². The van der Waals surface area contributed by atoms with Crippen molar-refractivity contribution in [1.29, 1.82) is 0 Å². The first-order valence-electron chi connectivity index (χ1n) is 7.42. The summed E-state index contributed by atoms with van der Waals surface area (Å²) in [5.41, 5.74) is 3.81. The summed E-state index contributed by atoms with van der Waals surface area (Å²) in [6.45, 7) is 14.3. The number of allylic oxidation sites excluding steroid dienone is 5. The molecular formula is C18H30O2. The van der Waals surface area contributed by atoms with Gasteiger partial charge >= 0.3 is 5.97 Å². The van der Waals surface area contributed by atoms with Gasteiger partial charge in [0.2, 0.25) is 0 Å². The number of hydrogen-bond acceptors (Lipinski definition) is 2. The second-order valence-electron chi connectivity index (χ2n) is 6.03. The van der Waals surface area contributed by atoms with Crippen LogP contribution in [-0.4, -0.2) is 12.1 Å². The molecule has 0 N–H and O–H groups in total. The van der Waals surface area contributed by atoms with Gasteiger partial charge in [0.25, 0.3) is 0 Å². The van der Waals surface area contributed by atoms with Crippen molar-refractivity contribution >= 4 is 5.97 Å². The van der Waals surface area contributed by atoms with E-state index in [9.17, 15) is 4.79 Å². The monoisotopic (exact) mass is 278 g/mol. The summed E-state index contributed by atoms with van der Waals surface area (Å²) in [6, 6.07) is 0. The van der Waals surface area contributed by atoms with Gasteiger partial charge in [-0.05, 0) is 65.9 Å². The summed E-state index contributed by atoms with van der Waals surface area (Å²) in [5, 5.41) is 0. The SMILES string of the molecule is CC(C=CC(C)CCC(C)=C(C)C)=CC(=O)OC(C)C. The molecule has 0 aliphatic heterocycles. The molecule has 0 heterocycles. The summed E-state index contributed by atoms with van der Waals surface area (Å²) in [5.74, 6) is 0.240. The smallest absolute Gasteiger partial charge is 0.331 e. The van der Waals surface area contributed by atoms with E-state index in [2.05, 4.69) is 33.8 Å². The third-order valence-corrected chi connectivity index (χ3v) is 3.21. The van der Waals surface area contributed by atoms with E-state index in [1.165, 1.54) is 11.1 Å². The maximum Gasteiger partial charge on any atom is 0.331 e. The summed E-state index contributed by atoms with van der Waals surface area (Å²) in [6.07, 6.45) is 7.91. The Bertz CT molecular complexity index is 394. The molecule has 0 saturated carbocycles. The number of rotatable bonds is 7. The molecule has 0 aromatic rings. The maximum atomic E-state index is 11.5. The van der Waals surface area contributed by atoms with E-state index in [1.54, 1.807) is 6.08 Å². The van der Waals surface area contributed by atoms with E-state index in [0.717, 1.165) is 18.4 Å². The zero-order valence-corrected chi connectivity index (χ0v) is 14.1. The molecule has 0 aliphatic rings. The zero-order chi connectivity index (χ0) is 15.7. The molecule has 0 fully saturated rings. The van der Waals surface area contributed by atoms with Crippen LogP contribution < -0.4 is 0 Å². The van der Waals surface area contributed by atoms with Gasteiger partial charge in [0.05, 0.1) is 6.10 Å². The standard InChI is InChI=1S/C18H30O2/c1-13(2)17(7)11-10-15(5)8-9-16(6)12-18(19)20-14(3)4/h8-9,12,14-15H,10-11H2,1-7H3. The van der Waals surface area contributed by atoms with Crippen LogP contribution in [-0.2, 0) is 9.53 Å². The lowest BCUT2D eigenvalue weighted by Gasteiger charge is -2.08. The molecule has 2 nitrogen and oxygen atoms in total. The molecule has 0 bridgehead atoms. The number of hydrogen-bond donors (Lipinski definition) is 0. The van der Waals surface area contributed by atoms with Crippen LogP contribution in [0.2, 0.25) is 0 Å². The van der Waals surface area contributed by atoms with E-state index in [-0.39, 0.29) is 12.1 Å². The van der Waals surface area contributed by atoms with E-state index >= 15 is 0 Å². The van der Waals surface area contributed by atoms with Crippen LogP contribution in [0.1, 0.15) is 61.3 Å². The molecule has 20 heavy (non-hydrogen) atoms. The molecule has 0 amide bonds. The molecule has 0 aliphatic carbocycles. The van der Waals surface area contributed by atoms with Crippen molar-refractivity contribution in [2.75, 3.05) is 0 Å². The van der Waals surface area contributed by atoms with E-state index in [0.29, 0.717) is 5.92 Å². The number of carbonyl (C=O) groups excluding carboxylic acids is 1. The Balaban J connectivity index is 4.30. The minimum Gasteiger partial charge on any atom is -0.460 e. The van der Waals surface area contributed by atoms with Crippen LogP contribution in [0.15, 0.2) is 34.9 Å². The number of ether oxygens (including phenoxy) is 1. The summed E-state index contributed by atoms with van der Waals surface area (Å²) < 4.78 is 5.08. The van der Waals surface area contributed by atoms with Gasteiger partial charge in [0.15, 0.2) is 0 Å². The predicted molar refractivity (Wildman–Crippen MR) is 86.6 cm³/mol. The third-order valence-electron chi connectivity index (χ3n) is 3.21. The largest absolute Gasteiger partial charge is 0.460 e. The van der Waals surface area contributed by atoms with Gasteiger partial charge in [0.1, 0.15) is 0 Å². The minimum atomic E-state index is -0.268. The van der Waals surface area contributed by atoms with Gasteiger partial charge in [-0.15, -0.1) is 0 Å². The summed E-state index contributed by atoms with van der Waals surface area (Å²) >= 11 is 0. The normalized spacial score (nSPS) is 13.7. The fourth-order valence-corrected chi connectivity index (χ4v) is 1.61. The van der Waals surface area contributed by atoms with Gasteiger partial charge in [-0.3, -0.25) is 0 Å². The fourth-order valence-electron chi connectivity index (χ4n) is 1.61. The van der Waals surface area contributed by atoms with Crippen molar-refractivity contribution in [2.45, 2.75) is 67.4 Å². The summed E-state index contributed by atoms with van der Waals surface area (Å²) in [7, 11) is 0. The first-order valence-corrected chi connectivity index (χ1v) is 7.42. The molecule has 2 heteroatoms. The van der Waals surface area contributed by atoms with Gasteiger partial charge in [-0.2, -0.15) is 0 Å². The highest BCUT2D eigenvalue weighted by atomic mass is 16.5. The maximum absolute atomic E-state index is 11.5. The Kier molecular flexibility index (Phi) is 8.94. The lowest BCUT2D eigenvalue weighted by molar-refractivity contribution is -0.141. The van der Waals surface area contributed by atoms with Gasteiger partial charge in [-0.25, -0.2) is 4.79 Å². The Hall–Kier alpha value is -1.31. The van der Waals surface area contributed by atoms with Gasteiger partial charge in [-0.1, -0.05) is 30.2 Å². The van der Waals surface area contributed by atoms with Crippen molar-refractivity contribution in [2.24, 2.45) is 5.92 Å². The Morgan fingerprint density at radius 2 is 1.70 bits per heavy atom. The average molecular weight is 278 g/mol. The van der Waals surface area contributed by atoms with Crippen LogP contribution in [0.3, 0.4) is 0 Å². The van der Waals surface area contributed by atoms with Crippen molar-refractivity contribution in [3.63, 3.8) is 0 Å². The van der Waals surface area contributed by atoms with Gasteiger partial charge in [0, 0.05) is 6.08 Å². The molecule has 0 spiro atoms. The zero-order valence-electron chi connectivity index (χ0n) is 14.1. The first kappa shape index (κ1) is 18.7. The molecule has 114 valence electrons. The van der Waals surface area contributed by atoms with Crippen LogP contribution >= 0.6 is 0 Å². The molecule has 0 rings (SSSR count). The van der Waals surface area contributed by atoms with E-state index in [1.807, 2.05) is 26.8 Å². The van der Waals surface area contributed by atoms with Crippen LogP contribution in [0.25, 0.3) is 0 Å². The molecule has 0 aromatic heterocycles. The van der Waals surface area contributed by atoms with Crippen LogP contribution in [0, 0.1) is 5.92 Å². The quantitative estimate of drug-likeness (QED) is 0.276. The van der Waals surface area contributed by atoms with Crippen LogP contribution in [0.4, 0.5) is 0 Å². The topological polar surface area (TPSA) is 26.3 Å². The fraction of sp³-hybridized carbons (Fsp3) is 0.611. The Morgan fingerprint density at radius 1 is 1.10 bits per heavy atom. The van der Waals surface area contributed by atoms with Crippen molar-refractivity contribution in [1.82, 2.24) is 0 Å². The highest BCUT2D eigenvalue weighted by molar-refractivity contribution is 5.83. The Morgan fingerprint density at radius 3 is 2.20 bits per heavy atom. The number of carbonyl (C=O) groups is 1. The summed E-state index contributed by atoms with van der Waals surface area (Å²) in [4.78, 5) is 11.5. The lowest BCUT2D eigenvalue weighted by Crippen LogP contribution is -2.08. The third kappa shape index (κ3) is 9.60. The Labute approximate surface area is 124 Å². The van der Waals surface area contributed by atoms with Crippen molar-refractivity contribution in [3.8, 4) is 0 Å². The van der Waals surface area contributed by atoms with Crippen molar-refractivity contribution in [3.05, 3.63) is 34.9 Å². The lowest BCUT2D eigenvalue weighted by atomic mass is 9.99. The predicted octanol–water partition coefficient (Wildman–Crippen LogP) is 5.21. The molecule has 1 atom stereocenters. The van der Waals surface area contributed by atoms with E-state index in [4.69, 9.17) is 4.74 Å². The second kappa shape index (κ2) is 9.57. The second-order valence-corrected chi connectivity index (χ2v) is 6.03. The molecule has 0 saturated heterocycles. The molecule has 0 radical (unpaired) electrons. The molecule has 0 aromatic carbocycles.